The van der Waals surface area contributed by atoms with Crippen molar-refractivity contribution in [1.82, 2.24) is 0 Å². The van der Waals surface area contributed by atoms with Crippen molar-refractivity contribution in [3.05, 3.63) is 67.7 Å². The first-order valence-electron chi connectivity index (χ1n) is 6.21. The Morgan fingerprint density at radius 3 is 2.38 bits per heavy atom. The molecule has 108 valence electrons. The van der Waals surface area contributed by atoms with Crippen LogP contribution in [0.15, 0.2) is 40.9 Å². The largest absolute Gasteiger partial charge is 0.322 e. The molecule has 0 aromatic heterocycles. The topological polar surface area (TPSA) is 72.2 Å². The minimum absolute atomic E-state index is 0.106. The van der Waals surface area contributed by atoms with E-state index >= 15 is 0 Å². The van der Waals surface area contributed by atoms with Gasteiger partial charge in [0, 0.05) is 27.9 Å². The zero-order chi connectivity index (χ0) is 15.6. The standard InChI is InChI=1S/C15H13BrN2O3/c1-9-6-12(7-10(2)14(9)16)17-15(19)11-4-3-5-13(8-11)18(20)21/h3-8H,1-2H3,(H,17,19). The zero-order valence-electron chi connectivity index (χ0n) is 11.5. The summed E-state index contributed by atoms with van der Waals surface area (Å²) in [5, 5.41) is 13.5. The minimum Gasteiger partial charge on any atom is -0.322 e. The van der Waals surface area contributed by atoms with Gasteiger partial charge in [-0.15, -0.1) is 0 Å². The summed E-state index contributed by atoms with van der Waals surface area (Å²) in [6.45, 7) is 3.86. The number of halogens is 1. The van der Waals surface area contributed by atoms with Crippen molar-refractivity contribution in [3.8, 4) is 0 Å². The minimum atomic E-state index is -0.523. The molecule has 0 saturated heterocycles. The molecule has 2 rings (SSSR count). The predicted molar refractivity (Wildman–Crippen MR) is 84.7 cm³/mol. The van der Waals surface area contributed by atoms with E-state index < -0.39 is 4.92 Å². The molecule has 0 bridgehead atoms. The second-order valence-electron chi connectivity index (χ2n) is 4.69. The van der Waals surface area contributed by atoms with Crippen molar-refractivity contribution >= 4 is 33.2 Å². The molecule has 0 aliphatic carbocycles. The van der Waals surface area contributed by atoms with Gasteiger partial charge in [-0.1, -0.05) is 22.0 Å². The highest BCUT2D eigenvalue weighted by Crippen LogP contribution is 2.25. The number of anilines is 1. The Morgan fingerprint density at radius 2 is 1.81 bits per heavy atom. The van der Waals surface area contributed by atoms with Crippen LogP contribution in [0, 0.1) is 24.0 Å². The molecular weight excluding hydrogens is 336 g/mol. The van der Waals surface area contributed by atoms with Crippen LogP contribution in [0.25, 0.3) is 0 Å². The van der Waals surface area contributed by atoms with Crippen molar-refractivity contribution in [2.24, 2.45) is 0 Å². The Bertz CT molecular complexity index is 706. The zero-order valence-corrected chi connectivity index (χ0v) is 13.1. The van der Waals surface area contributed by atoms with Crippen molar-refractivity contribution in [2.45, 2.75) is 13.8 Å². The van der Waals surface area contributed by atoms with Crippen LogP contribution in [0.2, 0.25) is 0 Å². The van der Waals surface area contributed by atoms with Crippen LogP contribution in [0.1, 0.15) is 21.5 Å². The maximum atomic E-state index is 12.2. The fourth-order valence-corrected chi connectivity index (χ4v) is 2.21. The molecule has 2 aromatic rings. The molecule has 6 heteroatoms. The van der Waals surface area contributed by atoms with Crippen molar-refractivity contribution in [2.75, 3.05) is 5.32 Å². The van der Waals surface area contributed by atoms with Crippen LogP contribution in [-0.4, -0.2) is 10.8 Å². The van der Waals surface area contributed by atoms with Gasteiger partial charge in [-0.3, -0.25) is 14.9 Å². The first kappa shape index (κ1) is 15.2. The molecule has 2 aromatic carbocycles. The number of carbonyl (C=O) groups excluding carboxylic acids is 1. The number of nitrogens with zero attached hydrogens (tertiary/aromatic N) is 1. The van der Waals surface area contributed by atoms with Gasteiger partial charge in [0.05, 0.1) is 4.92 Å². The number of non-ortho nitro benzene ring substituents is 1. The number of rotatable bonds is 3. The number of nitro benzene ring substituents is 1. The van der Waals surface area contributed by atoms with Crippen LogP contribution < -0.4 is 5.32 Å². The lowest BCUT2D eigenvalue weighted by Gasteiger charge is -2.09. The second-order valence-corrected chi connectivity index (χ2v) is 5.48. The van der Waals surface area contributed by atoms with Gasteiger partial charge in [0.25, 0.3) is 11.6 Å². The maximum Gasteiger partial charge on any atom is 0.270 e. The SMILES string of the molecule is Cc1cc(NC(=O)c2cccc([N+](=O)[O-])c2)cc(C)c1Br. The van der Waals surface area contributed by atoms with E-state index in [1.807, 2.05) is 26.0 Å². The molecule has 0 saturated carbocycles. The summed E-state index contributed by atoms with van der Waals surface area (Å²) < 4.78 is 0.996. The normalized spacial score (nSPS) is 10.2. The molecule has 0 heterocycles. The molecule has 0 atom stereocenters. The lowest BCUT2D eigenvalue weighted by molar-refractivity contribution is -0.384. The monoisotopic (exact) mass is 348 g/mol. The highest BCUT2D eigenvalue weighted by atomic mass is 79.9. The van der Waals surface area contributed by atoms with E-state index in [2.05, 4.69) is 21.2 Å². The quantitative estimate of drug-likeness (QED) is 0.666. The van der Waals surface area contributed by atoms with E-state index in [0.717, 1.165) is 15.6 Å². The third-order valence-corrected chi connectivity index (χ3v) is 4.26. The average Bonchev–Trinajstić information content (AvgIpc) is 2.44. The number of benzene rings is 2. The lowest BCUT2D eigenvalue weighted by atomic mass is 10.1. The number of hydrogen-bond donors (Lipinski definition) is 1. The number of nitro groups is 1. The van der Waals surface area contributed by atoms with Gasteiger partial charge >= 0.3 is 0 Å². The molecular formula is C15H13BrN2O3. The fourth-order valence-electron chi connectivity index (χ4n) is 1.98. The summed E-state index contributed by atoms with van der Waals surface area (Å²) in [6, 6.07) is 9.32. The number of carbonyl (C=O) groups is 1. The van der Waals surface area contributed by atoms with E-state index in [1.165, 1.54) is 18.2 Å². The third kappa shape index (κ3) is 3.46. The summed E-state index contributed by atoms with van der Waals surface area (Å²) >= 11 is 3.46. The molecule has 1 amide bonds. The highest BCUT2D eigenvalue weighted by molar-refractivity contribution is 9.10. The van der Waals surface area contributed by atoms with Crippen LogP contribution in [0.5, 0.6) is 0 Å². The Labute approximate surface area is 130 Å². The van der Waals surface area contributed by atoms with Gasteiger partial charge in [-0.05, 0) is 43.2 Å². The van der Waals surface area contributed by atoms with Crippen molar-refractivity contribution in [3.63, 3.8) is 0 Å². The number of aryl methyl sites for hydroxylation is 2. The van der Waals surface area contributed by atoms with Crippen LogP contribution in [-0.2, 0) is 0 Å². The van der Waals surface area contributed by atoms with Crippen molar-refractivity contribution < 1.29 is 9.72 Å². The summed E-state index contributed by atoms with van der Waals surface area (Å²) in [5.74, 6) is -0.375. The molecule has 1 N–H and O–H groups in total. The number of nitrogens with one attached hydrogen (secondary N) is 1. The van der Waals surface area contributed by atoms with Crippen LogP contribution in [0.3, 0.4) is 0 Å². The van der Waals surface area contributed by atoms with Gasteiger partial charge in [0.2, 0.25) is 0 Å². The average molecular weight is 349 g/mol. The molecule has 0 aliphatic heterocycles. The van der Waals surface area contributed by atoms with E-state index in [0.29, 0.717) is 5.69 Å². The Kier molecular flexibility index (Phi) is 4.37. The smallest absolute Gasteiger partial charge is 0.270 e. The molecule has 0 unspecified atom stereocenters. The predicted octanol–water partition coefficient (Wildman–Crippen LogP) is 4.23. The van der Waals surface area contributed by atoms with E-state index in [9.17, 15) is 14.9 Å². The van der Waals surface area contributed by atoms with Crippen molar-refractivity contribution in [1.29, 1.82) is 0 Å². The number of amides is 1. The first-order valence-corrected chi connectivity index (χ1v) is 7.00. The highest BCUT2D eigenvalue weighted by Gasteiger charge is 2.12. The van der Waals surface area contributed by atoms with E-state index in [4.69, 9.17) is 0 Å². The Balaban J connectivity index is 2.26. The molecule has 21 heavy (non-hydrogen) atoms. The van der Waals surface area contributed by atoms with Gasteiger partial charge in [-0.25, -0.2) is 0 Å². The second kappa shape index (κ2) is 6.05. The molecule has 0 spiro atoms. The molecule has 0 fully saturated rings. The lowest BCUT2D eigenvalue weighted by Crippen LogP contribution is -2.12. The Morgan fingerprint density at radius 1 is 1.19 bits per heavy atom. The first-order chi connectivity index (χ1) is 9.88. The summed E-state index contributed by atoms with van der Waals surface area (Å²) in [6.07, 6.45) is 0. The van der Waals surface area contributed by atoms with Crippen LogP contribution in [0.4, 0.5) is 11.4 Å². The van der Waals surface area contributed by atoms with Gasteiger partial charge in [-0.2, -0.15) is 0 Å². The van der Waals surface area contributed by atoms with Gasteiger partial charge < -0.3 is 5.32 Å². The van der Waals surface area contributed by atoms with E-state index in [-0.39, 0.29) is 17.2 Å². The molecule has 0 radical (unpaired) electrons. The van der Waals surface area contributed by atoms with Gasteiger partial charge in [0.1, 0.15) is 0 Å². The summed E-state index contributed by atoms with van der Waals surface area (Å²) in [4.78, 5) is 22.4. The van der Waals surface area contributed by atoms with Gasteiger partial charge in [0.15, 0.2) is 0 Å². The summed E-state index contributed by atoms with van der Waals surface area (Å²) in [7, 11) is 0. The van der Waals surface area contributed by atoms with Crippen LogP contribution >= 0.6 is 15.9 Å². The Hall–Kier alpha value is -2.21. The summed E-state index contributed by atoms with van der Waals surface area (Å²) in [5.41, 5.74) is 2.81. The van der Waals surface area contributed by atoms with E-state index in [1.54, 1.807) is 6.07 Å². The molecule has 0 aliphatic rings. The fraction of sp³-hybridized carbons (Fsp3) is 0.133. The maximum absolute atomic E-state index is 12.2. The third-order valence-electron chi connectivity index (χ3n) is 3.01. The molecule has 5 nitrogen and oxygen atoms in total. The number of hydrogen-bond acceptors (Lipinski definition) is 3.